The first-order valence-electron chi connectivity index (χ1n) is 8.17. The van der Waals surface area contributed by atoms with Crippen molar-refractivity contribution in [3.05, 3.63) is 73.3 Å². The van der Waals surface area contributed by atoms with Gasteiger partial charge >= 0.3 is 0 Å². The van der Waals surface area contributed by atoms with E-state index in [1.54, 1.807) is 12.1 Å². The third kappa shape index (κ3) is 3.28. The molecule has 0 radical (unpaired) electrons. The van der Waals surface area contributed by atoms with Crippen molar-refractivity contribution < 1.29 is 24.1 Å². The van der Waals surface area contributed by atoms with E-state index < -0.39 is 22.0 Å². The fourth-order valence-corrected chi connectivity index (χ4v) is 3.41. The first-order valence-corrected chi connectivity index (χ1v) is 8.17. The summed E-state index contributed by atoms with van der Waals surface area (Å²) in [5.74, 6) is 0.952. The Kier molecular flexibility index (Phi) is 4.95. The Morgan fingerprint density at radius 2 is 1.70 bits per heavy atom. The number of fused-ring (bicyclic) bond motifs is 1. The maximum Gasteiger partial charge on any atom is 0.269 e. The molecule has 0 bridgehead atoms. The summed E-state index contributed by atoms with van der Waals surface area (Å²) in [7, 11) is 3.00. The lowest BCUT2D eigenvalue weighted by molar-refractivity contribution is -0.501. The van der Waals surface area contributed by atoms with E-state index in [0.717, 1.165) is 5.56 Å². The van der Waals surface area contributed by atoms with Gasteiger partial charge in [-0.1, -0.05) is 0 Å². The highest BCUT2D eigenvalue weighted by Crippen LogP contribution is 2.44. The van der Waals surface area contributed by atoms with E-state index >= 15 is 0 Å². The van der Waals surface area contributed by atoms with Crippen molar-refractivity contribution in [3.63, 3.8) is 0 Å². The molecule has 2 aromatic rings. The molecule has 0 saturated heterocycles. The largest absolute Gasteiger partial charge is 0.493 e. The van der Waals surface area contributed by atoms with Crippen LogP contribution in [-0.4, -0.2) is 37.2 Å². The second-order valence-electron chi connectivity index (χ2n) is 6.08. The smallest absolute Gasteiger partial charge is 0.269 e. The zero-order valence-corrected chi connectivity index (χ0v) is 14.8. The van der Waals surface area contributed by atoms with Crippen molar-refractivity contribution in [2.75, 3.05) is 27.4 Å². The normalized spacial score (nSPS) is 18.4. The van der Waals surface area contributed by atoms with Crippen LogP contribution in [0.25, 0.3) is 0 Å². The van der Waals surface area contributed by atoms with Crippen molar-refractivity contribution in [2.24, 2.45) is 0 Å². The van der Waals surface area contributed by atoms with Crippen LogP contribution < -0.4 is 9.47 Å². The predicted octanol–water partition coefficient (Wildman–Crippen LogP) is 2.71. The zero-order chi connectivity index (χ0) is 19.6. The number of nitro benzene ring substituents is 1. The number of rotatable bonds is 6. The summed E-state index contributed by atoms with van der Waals surface area (Å²) in [5, 5.41) is 22.4. The SMILES string of the molecule is COc1cc2c(cc1OC)C(C[N+](=O)[O-])(c1ccc([N+](=O)[O-])cc1)OCC2. The fraction of sp³-hybridized carbons (Fsp3) is 0.333. The minimum absolute atomic E-state index is 0.0988. The fourth-order valence-electron chi connectivity index (χ4n) is 3.41. The standard InChI is InChI=1S/C18H18N2O7/c1-25-16-9-12-7-8-27-18(11-19(21)22,15(12)10-17(16)26-2)13-3-5-14(6-4-13)20(23)24/h3-6,9-10H,7-8,11H2,1-2H3. The Bertz CT molecular complexity index is 882. The number of hydrogen-bond donors (Lipinski definition) is 0. The van der Waals surface area contributed by atoms with Crippen LogP contribution in [-0.2, 0) is 16.8 Å². The highest BCUT2D eigenvalue weighted by Gasteiger charge is 2.45. The first kappa shape index (κ1) is 18.6. The maximum atomic E-state index is 11.5. The van der Waals surface area contributed by atoms with Crippen molar-refractivity contribution in [1.82, 2.24) is 0 Å². The molecular formula is C18H18N2O7. The molecule has 1 unspecified atom stereocenters. The van der Waals surface area contributed by atoms with E-state index in [-0.39, 0.29) is 12.3 Å². The summed E-state index contributed by atoms with van der Waals surface area (Å²) >= 11 is 0. The van der Waals surface area contributed by atoms with Gasteiger partial charge in [-0.05, 0) is 41.8 Å². The third-order valence-electron chi connectivity index (χ3n) is 4.66. The lowest BCUT2D eigenvalue weighted by Crippen LogP contribution is -2.42. The molecule has 142 valence electrons. The molecule has 0 amide bonds. The number of hydrogen-bond acceptors (Lipinski definition) is 7. The second kappa shape index (κ2) is 7.20. The number of methoxy groups -OCH3 is 2. The quantitative estimate of drug-likeness (QED) is 0.564. The second-order valence-corrected chi connectivity index (χ2v) is 6.08. The molecule has 0 fully saturated rings. The molecule has 0 aromatic heterocycles. The van der Waals surface area contributed by atoms with Crippen LogP contribution in [0.5, 0.6) is 11.5 Å². The van der Waals surface area contributed by atoms with Crippen molar-refractivity contribution in [3.8, 4) is 11.5 Å². The number of non-ortho nitro benzene ring substituents is 1. The van der Waals surface area contributed by atoms with Gasteiger partial charge in [-0.25, -0.2) is 0 Å². The Hall–Kier alpha value is -3.20. The topological polar surface area (TPSA) is 114 Å². The van der Waals surface area contributed by atoms with E-state index in [0.29, 0.717) is 29.0 Å². The van der Waals surface area contributed by atoms with Gasteiger partial charge in [-0.3, -0.25) is 20.2 Å². The van der Waals surface area contributed by atoms with Crippen LogP contribution in [0.2, 0.25) is 0 Å². The molecular weight excluding hydrogens is 356 g/mol. The van der Waals surface area contributed by atoms with Crippen LogP contribution in [0.15, 0.2) is 36.4 Å². The van der Waals surface area contributed by atoms with E-state index in [4.69, 9.17) is 14.2 Å². The van der Waals surface area contributed by atoms with Gasteiger partial charge in [0.05, 0.1) is 25.7 Å². The van der Waals surface area contributed by atoms with Crippen molar-refractivity contribution >= 4 is 5.69 Å². The molecule has 27 heavy (non-hydrogen) atoms. The Balaban J connectivity index is 2.21. The molecule has 1 aliphatic rings. The third-order valence-corrected chi connectivity index (χ3v) is 4.66. The molecule has 2 aromatic carbocycles. The lowest BCUT2D eigenvalue weighted by atomic mass is 9.80. The maximum absolute atomic E-state index is 11.5. The van der Waals surface area contributed by atoms with E-state index in [1.165, 1.54) is 38.5 Å². The lowest BCUT2D eigenvalue weighted by Gasteiger charge is -2.37. The summed E-state index contributed by atoms with van der Waals surface area (Å²) < 4.78 is 16.6. The molecule has 0 N–H and O–H groups in total. The highest BCUT2D eigenvalue weighted by atomic mass is 16.6. The molecule has 1 aliphatic heterocycles. The van der Waals surface area contributed by atoms with Gasteiger partial charge in [0.25, 0.3) is 5.69 Å². The Morgan fingerprint density at radius 1 is 1.07 bits per heavy atom. The van der Waals surface area contributed by atoms with E-state index in [2.05, 4.69) is 0 Å². The van der Waals surface area contributed by atoms with Gasteiger partial charge in [0.1, 0.15) is 0 Å². The molecule has 3 rings (SSSR count). The average molecular weight is 374 g/mol. The molecule has 1 atom stereocenters. The minimum Gasteiger partial charge on any atom is -0.493 e. The van der Waals surface area contributed by atoms with Gasteiger partial charge in [0.15, 0.2) is 17.1 Å². The Labute approximate surface area is 154 Å². The van der Waals surface area contributed by atoms with Crippen LogP contribution >= 0.6 is 0 Å². The van der Waals surface area contributed by atoms with Crippen LogP contribution in [0, 0.1) is 20.2 Å². The number of ether oxygens (including phenoxy) is 3. The average Bonchev–Trinajstić information content (AvgIpc) is 2.66. The van der Waals surface area contributed by atoms with Gasteiger partial charge in [0.2, 0.25) is 6.54 Å². The monoisotopic (exact) mass is 374 g/mol. The van der Waals surface area contributed by atoms with Crippen LogP contribution in [0.4, 0.5) is 5.69 Å². The van der Waals surface area contributed by atoms with Crippen molar-refractivity contribution in [1.29, 1.82) is 0 Å². The minimum atomic E-state index is -1.37. The van der Waals surface area contributed by atoms with Crippen LogP contribution in [0.1, 0.15) is 16.7 Å². The van der Waals surface area contributed by atoms with Gasteiger partial charge < -0.3 is 14.2 Å². The summed E-state index contributed by atoms with van der Waals surface area (Å²) in [6.07, 6.45) is 0.558. The zero-order valence-electron chi connectivity index (χ0n) is 14.8. The number of nitro groups is 2. The van der Waals surface area contributed by atoms with E-state index in [9.17, 15) is 20.2 Å². The molecule has 9 heteroatoms. The highest BCUT2D eigenvalue weighted by molar-refractivity contribution is 5.53. The van der Waals surface area contributed by atoms with Crippen molar-refractivity contribution in [2.45, 2.75) is 12.0 Å². The van der Waals surface area contributed by atoms with Gasteiger partial charge in [-0.15, -0.1) is 0 Å². The summed E-state index contributed by atoms with van der Waals surface area (Å²) in [6, 6.07) is 9.08. The van der Waals surface area contributed by atoms with Gasteiger partial charge in [0, 0.05) is 22.6 Å². The number of benzene rings is 2. The molecule has 0 spiro atoms. The molecule has 0 saturated carbocycles. The first-order chi connectivity index (χ1) is 12.9. The molecule has 9 nitrogen and oxygen atoms in total. The van der Waals surface area contributed by atoms with E-state index in [1.807, 2.05) is 0 Å². The number of nitrogens with zero attached hydrogens (tertiary/aromatic N) is 2. The summed E-state index contributed by atoms with van der Waals surface area (Å²) in [5.41, 5.74) is 0.443. The van der Waals surface area contributed by atoms with Crippen LogP contribution in [0.3, 0.4) is 0 Å². The molecule has 0 aliphatic carbocycles. The Morgan fingerprint density at radius 3 is 2.26 bits per heavy atom. The predicted molar refractivity (Wildman–Crippen MR) is 94.9 cm³/mol. The summed E-state index contributed by atoms with van der Waals surface area (Å²) in [4.78, 5) is 21.4. The van der Waals surface area contributed by atoms with Gasteiger partial charge in [-0.2, -0.15) is 0 Å². The molecule has 1 heterocycles. The summed E-state index contributed by atoms with van der Waals surface area (Å²) in [6.45, 7) is -0.249.